The van der Waals surface area contributed by atoms with Crippen LogP contribution in [0.25, 0.3) is 0 Å². The van der Waals surface area contributed by atoms with Gasteiger partial charge in [-0.25, -0.2) is 5.01 Å². The van der Waals surface area contributed by atoms with Gasteiger partial charge in [0.1, 0.15) is 11.4 Å². The molecule has 1 aliphatic rings. The van der Waals surface area contributed by atoms with E-state index in [0.29, 0.717) is 5.69 Å². The first-order valence-electron chi connectivity index (χ1n) is 5.73. The van der Waals surface area contributed by atoms with Gasteiger partial charge in [-0.15, -0.1) is 0 Å². The summed E-state index contributed by atoms with van der Waals surface area (Å²) in [6.07, 6.45) is 3.45. The summed E-state index contributed by atoms with van der Waals surface area (Å²) in [5.41, 5.74) is 9.33. The van der Waals surface area contributed by atoms with Gasteiger partial charge in [-0.2, -0.15) is 0 Å². The lowest BCUT2D eigenvalue weighted by molar-refractivity contribution is -0.383. The molecule has 92 valence electrons. The Kier molecular flexibility index (Phi) is 3.43. The highest BCUT2D eigenvalue weighted by atomic mass is 16.6. The van der Waals surface area contributed by atoms with E-state index in [-0.39, 0.29) is 11.4 Å². The number of para-hydroxylation sites is 1. The maximum Gasteiger partial charge on any atom is 0.316 e. The zero-order chi connectivity index (χ0) is 12.3. The van der Waals surface area contributed by atoms with E-state index < -0.39 is 4.92 Å². The fraction of sp³-hybridized carbons (Fsp3) is 0.455. The van der Waals surface area contributed by atoms with Crippen LogP contribution in [0.15, 0.2) is 18.2 Å². The maximum absolute atomic E-state index is 11.0. The molecule has 6 heteroatoms. The second-order valence-electron chi connectivity index (χ2n) is 4.16. The lowest BCUT2D eigenvalue weighted by Gasteiger charge is -2.27. The number of hydrogen-bond donors (Lipinski definition) is 2. The highest BCUT2D eigenvalue weighted by Crippen LogP contribution is 2.31. The standard InChI is InChI=1S/C11H16N4O2/c12-9-5-4-6-10(11(9)15(16)17)13-14-7-2-1-3-8-14/h4-6,13H,1-3,7-8,12H2. The Hall–Kier alpha value is -1.82. The molecule has 1 aliphatic heterocycles. The van der Waals surface area contributed by atoms with Crippen molar-refractivity contribution >= 4 is 17.1 Å². The molecule has 0 aliphatic carbocycles. The Morgan fingerprint density at radius 3 is 2.65 bits per heavy atom. The van der Waals surface area contributed by atoms with E-state index in [1.807, 2.05) is 5.01 Å². The minimum atomic E-state index is -0.443. The molecule has 6 nitrogen and oxygen atoms in total. The fourth-order valence-corrected chi connectivity index (χ4v) is 2.03. The van der Waals surface area contributed by atoms with Crippen LogP contribution in [0, 0.1) is 10.1 Å². The molecular weight excluding hydrogens is 220 g/mol. The number of nitro benzene ring substituents is 1. The van der Waals surface area contributed by atoms with Gasteiger partial charge in [0.2, 0.25) is 0 Å². The van der Waals surface area contributed by atoms with Gasteiger partial charge in [-0.05, 0) is 25.0 Å². The third-order valence-corrected chi connectivity index (χ3v) is 2.88. The monoisotopic (exact) mass is 236 g/mol. The van der Waals surface area contributed by atoms with Crippen LogP contribution in [0.3, 0.4) is 0 Å². The number of benzene rings is 1. The van der Waals surface area contributed by atoms with Gasteiger partial charge in [0, 0.05) is 13.1 Å². The molecule has 1 aromatic rings. The molecule has 0 amide bonds. The van der Waals surface area contributed by atoms with Gasteiger partial charge in [0.05, 0.1) is 4.92 Å². The van der Waals surface area contributed by atoms with Crippen molar-refractivity contribution in [3.05, 3.63) is 28.3 Å². The van der Waals surface area contributed by atoms with Crippen molar-refractivity contribution in [3.8, 4) is 0 Å². The Bertz CT molecular complexity index is 416. The molecule has 0 atom stereocenters. The van der Waals surface area contributed by atoms with E-state index in [1.54, 1.807) is 18.2 Å². The van der Waals surface area contributed by atoms with E-state index in [9.17, 15) is 10.1 Å². The summed E-state index contributed by atoms with van der Waals surface area (Å²) in [5.74, 6) is 0. The SMILES string of the molecule is Nc1cccc(NN2CCCCC2)c1[N+](=O)[O-]. The third-order valence-electron chi connectivity index (χ3n) is 2.88. The summed E-state index contributed by atoms with van der Waals surface area (Å²) in [7, 11) is 0. The highest BCUT2D eigenvalue weighted by molar-refractivity contribution is 5.73. The lowest BCUT2D eigenvalue weighted by atomic mass is 10.2. The van der Waals surface area contributed by atoms with Crippen molar-refractivity contribution in [1.29, 1.82) is 0 Å². The molecule has 17 heavy (non-hydrogen) atoms. The van der Waals surface area contributed by atoms with Crippen molar-refractivity contribution in [2.24, 2.45) is 0 Å². The van der Waals surface area contributed by atoms with Gasteiger partial charge in [0.25, 0.3) is 0 Å². The second-order valence-corrected chi connectivity index (χ2v) is 4.16. The number of nitrogens with zero attached hydrogens (tertiary/aromatic N) is 2. The number of piperidine rings is 1. The van der Waals surface area contributed by atoms with Crippen LogP contribution < -0.4 is 11.2 Å². The van der Waals surface area contributed by atoms with Gasteiger partial charge in [-0.1, -0.05) is 12.5 Å². The normalized spacial score (nSPS) is 16.7. The zero-order valence-electron chi connectivity index (χ0n) is 9.56. The Labute approximate surface area is 99.5 Å². The lowest BCUT2D eigenvalue weighted by Crippen LogP contribution is -2.35. The molecule has 1 heterocycles. The van der Waals surface area contributed by atoms with E-state index >= 15 is 0 Å². The smallest absolute Gasteiger partial charge is 0.316 e. The number of rotatable bonds is 3. The molecule has 0 saturated carbocycles. The van der Waals surface area contributed by atoms with Gasteiger partial charge >= 0.3 is 5.69 Å². The molecule has 1 aromatic carbocycles. The van der Waals surface area contributed by atoms with Crippen molar-refractivity contribution in [2.45, 2.75) is 19.3 Å². The number of nitro groups is 1. The van der Waals surface area contributed by atoms with Crippen molar-refractivity contribution in [3.63, 3.8) is 0 Å². The maximum atomic E-state index is 11.0. The summed E-state index contributed by atoms with van der Waals surface area (Å²) in [6.45, 7) is 1.82. The van der Waals surface area contributed by atoms with Crippen molar-refractivity contribution < 1.29 is 4.92 Å². The average Bonchev–Trinajstić information content (AvgIpc) is 2.30. The minimum Gasteiger partial charge on any atom is -0.393 e. The summed E-state index contributed by atoms with van der Waals surface area (Å²) in [5, 5.41) is 13.0. The number of hydrogen-bond acceptors (Lipinski definition) is 5. The molecule has 0 bridgehead atoms. The van der Waals surface area contributed by atoms with Crippen LogP contribution >= 0.6 is 0 Å². The minimum absolute atomic E-state index is 0.0435. The first-order valence-corrected chi connectivity index (χ1v) is 5.73. The highest BCUT2D eigenvalue weighted by Gasteiger charge is 2.20. The summed E-state index contributed by atoms with van der Waals surface area (Å²) in [6, 6.07) is 4.94. The predicted molar refractivity (Wildman–Crippen MR) is 66.6 cm³/mol. The van der Waals surface area contributed by atoms with Crippen LogP contribution in [0.1, 0.15) is 19.3 Å². The third kappa shape index (κ3) is 2.65. The first kappa shape index (κ1) is 11.7. The number of nitrogens with one attached hydrogen (secondary N) is 1. The number of anilines is 2. The van der Waals surface area contributed by atoms with Crippen LogP contribution in [0.2, 0.25) is 0 Å². The van der Waals surface area contributed by atoms with Crippen LogP contribution in [-0.4, -0.2) is 23.0 Å². The Morgan fingerprint density at radius 1 is 1.29 bits per heavy atom. The second kappa shape index (κ2) is 5.01. The van der Waals surface area contributed by atoms with E-state index in [1.165, 1.54) is 6.42 Å². The summed E-state index contributed by atoms with van der Waals surface area (Å²) in [4.78, 5) is 10.5. The number of hydrazine groups is 1. The van der Waals surface area contributed by atoms with Gasteiger partial charge in [0.15, 0.2) is 0 Å². The van der Waals surface area contributed by atoms with Crippen molar-refractivity contribution in [2.75, 3.05) is 24.2 Å². The molecular formula is C11H16N4O2. The topological polar surface area (TPSA) is 84.4 Å². The van der Waals surface area contributed by atoms with Gasteiger partial charge < -0.3 is 11.2 Å². The fourth-order valence-electron chi connectivity index (χ4n) is 2.03. The molecule has 0 aromatic heterocycles. The summed E-state index contributed by atoms with van der Waals surface area (Å²) >= 11 is 0. The molecule has 0 radical (unpaired) electrons. The first-order chi connectivity index (χ1) is 8.18. The Morgan fingerprint density at radius 2 is 2.00 bits per heavy atom. The number of nitrogens with two attached hydrogens (primary N) is 1. The van der Waals surface area contributed by atoms with Crippen LogP contribution in [0.4, 0.5) is 17.1 Å². The molecule has 1 fully saturated rings. The predicted octanol–water partition coefficient (Wildman–Crippen LogP) is 1.99. The average molecular weight is 236 g/mol. The van der Waals surface area contributed by atoms with E-state index in [4.69, 9.17) is 5.73 Å². The van der Waals surface area contributed by atoms with E-state index in [0.717, 1.165) is 25.9 Å². The number of nitrogen functional groups attached to an aromatic ring is 1. The molecule has 0 spiro atoms. The molecule has 0 unspecified atom stereocenters. The molecule has 1 saturated heterocycles. The largest absolute Gasteiger partial charge is 0.393 e. The van der Waals surface area contributed by atoms with Crippen molar-refractivity contribution in [1.82, 2.24) is 5.01 Å². The van der Waals surface area contributed by atoms with Gasteiger partial charge in [-0.3, -0.25) is 10.1 Å². The summed E-state index contributed by atoms with van der Waals surface area (Å²) < 4.78 is 0. The van der Waals surface area contributed by atoms with Crippen LogP contribution in [0.5, 0.6) is 0 Å². The van der Waals surface area contributed by atoms with E-state index in [2.05, 4.69) is 5.43 Å². The molecule has 3 N–H and O–H groups in total. The van der Waals surface area contributed by atoms with Crippen LogP contribution in [-0.2, 0) is 0 Å². The zero-order valence-corrected chi connectivity index (χ0v) is 9.56. The quantitative estimate of drug-likeness (QED) is 0.476. The Balaban J connectivity index is 2.19. The molecule has 2 rings (SSSR count).